The molecule has 1 heterocycles. The zero-order valence-electron chi connectivity index (χ0n) is 12.7. The average Bonchev–Trinajstić information content (AvgIpc) is 2.84. The molecule has 0 aliphatic rings. The molecule has 0 spiro atoms. The molecule has 1 aromatic heterocycles. The van der Waals surface area contributed by atoms with E-state index in [9.17, 15) is 8.42 Å². The molecule has 0 aliphatic heterocycles. The first-order valence-electron chi connectivity index (χ1n) is 6.75. The molecule has 6 nitrogen and oxygen atoms in total. The third-order valence-corrected chi connectivity index (χ3v) is 5.08. The Kier molecular flexibility index (Phi) is 4.43. The summed E-state index contributed by atoms with van der Waals surface area (Å²) in [7, 11) is -2.01. The van der Waals surface area contributed by atoms with Crippen LogP contribution in [-0.4, -0.2) is 35.0 Å². The van der Waals surface area contributed by atoms with Crippen LogP contribution in [0.3, 0.4) is 0 Å². The van der Waals surface area contributed by atoms with Gasteiger partial charge in [-0.3, -0.25) is 5.10 Å². The molecule has 1 aromatic carbocycles. The quantitative estimate of drug-likeness (QED) is 0.917. The zero-order chi connectivity index (χ0) is 15.6. The highest BCUT2D eigenvalue weighted by Crippen LogP contribution is 2.20. The maximum Gasteiger partial charge on any atom is 0.243 e. The fourth-order valence-electron chi connectivity index (χ4n) is 1.95. The van der Waals surface area contributed by atoms with Crippen LogP contribution in [0.4, 0.5) is 0 Å². The molecular formula is C14H20N4O2S. The Morgan fingerprint density at radius 3 is 2.33 bits per heavy atom. The summed E-state index contributed by atoms with van der Waals surface area (Å²) in [4.78, 5) is 4.40. The first-order valence-corrected chi connectivity index (χ1v) is 8.19. The van der Waals surface area contributed by atoms with E-state index >= 15 is 0 Å². The number of aryl methyl sites for hydroxylation is 1. The fourth-order valence-corrected chi connectivity index (χ4v) is 3.07. The topological polar surface area (TPSA) is 79.0 Å². The van der Waals surface area contributed by atoms with Crippen molar-refractivity contribution in [1.82, 2.24) is 19.5 Å². The number of nitrogens with zero attached hydrogens (tertiary/aromatic N) is 3. The first kappa shape index (κ1) is 15.7. The number of hydrogen-bond acceptors (Lipinski definition) is 4. The molecule has 0 saturated heterocycles. The van der Waals surface area contributed by atoms with Crippen molar-refractivity contribution in [3.8, 4) is 0 Å². The summed E-state index contributed by atoms with van der Waals surface area (Å²) < 4.78 is 26.2. The summed E-state index contributed by atoms with van der Waals surface area (Å²) in [5.74, 6) is 1.49. The maximum atomic E-state index is 12.5. The summed E-state index contributed by atoms with van der Waals surface area (Å²) in [6.45, 7) is 6.05. The summed E-state index contributed by atoms with van der Waals surface area (Å²) in [5, 5.41) is 6.66. The van der Waals surface area contributed by atoms with Gasteiger partial charge >= 0.3 is 0 Å². The largest absolute Gasteiger partial charge is 0.263 e. The predicted molar refractivity (Wildman–Crippen MR) is 80.3 cm³/mol. The van der Waals surface area contributed by atoms with Gasteiger partial charge in [-0.05, 0) is 30.5 Å². The minimum Gasteiger partial charge on any atom is -0.263 e. The van der Waals surface area contributed by atoms with Gasteiger partial charge in [-0.15, -0.1) is 0 Å². The van der Waals surface area contributed by atoms with E-state index in [0.717, 1.165) is 5.56 Å². The lowest BCUT2D eigenvalue weighted by Gasteiger charge is -2.16. The van der Waals surface area contributed by atoms with Gasteiger partial charge in [0.2, 0.25) is 10.0 Å². The standard InChI is InChI=1S/C14H20N4O2S/c1-10(2)12-5-7-13(8-6-12)21(19,20)18(4)9-14-15-11(3)16-17-14/h5-8,10H,9H2,1-4H3,(H,15,16,17). The fraction of sp³-hybridized carbons (Fsp3) is 0.429. The van der Waals surface area contributed by atoms with Gasteiger partial charge in [0.1, 0.15) is 5.82 Å². The zero-order valence-corrected chi connectivity index (χ0v) is 13.5. The number of nitrogens with one attached hydrogen (secondary N) is 1. The summed E-state index contributed by atoms with van der Waals surface area (Å²) in [6.07, 6.45) is 0. The number of H-pyrrole nitrogens is 1. The Bertz CT molecular complexity index is 705. The van der Waals surface area contributed by atoms with Crippen LogP contribution >= 0.6 is 0 Å². The SMILES string of the molecule is Cc1nc(CN(C)S(=O)(=O)c2ccc(C(C)C)cc2)n[nH]1. The van der Waals surface area contributed by atoms with Crippen molar-refractivity contribution in [3.05, 3.63) is 41.5 Å². The Morgan fingerprint density at radius 2 is 1.86 bits per heavy atom. The van der Waals surface area contributed by atoms with E-state index in [0.29, 0.717) is 17.6 Å². The molecule has 0 amide bonds. The minimum atomic E-state index is -3.53. The van der Waals surface area contributed by atoms with Crippen LogP contribution in [0.5, 0.6) is 0 Å². The molecule has 0 saturated carbocycles. The molecular weight excluding hydrogens is 288 g/mol. The van der Waals surface area contributed by atoms with Crippen molar-refractivity contribution in [2.24, 2.45) is 0 Å². The lowest BCUT2D eigenvalue weighted by Crippen LogP contribution is -2.27. The van der Waals surface area contributed by atoms with E-state index in [1.807, 2.05) is 12.1 Å². The molecule has 2 aromatic rings. The van der Waals surface area contributed by atoms with Crippen LogP contribution in [0.15, 0.2) is 29.2 Å². The van der Waals surface area contributed by atoms with E-state index in [2.05, 4.69) is 29.0 Å². The molecule has 2 rings (SSSR count). The molecule has 0 bridgehead atoms. The number of rotatable bonds is 5. The lowest BCUT2D eigenvalue weighted by atomic mass is 10.0. The van der Waals surface area contributed by atoms with Crippen LogP contribution in [0.1, 0.15) is 37.0 Å². The van der Waals surface area contributed by atoms with Crippen molar-refractivity contribution < 1.29 is 8.42 Å². The summed E-state index contributed by atoms with van der Waals surface area (Å²) in [6, 6.07) is 6.99. The molecule has 1 N–H and O–H groups in total. The summed E-state index contributed by atoms with van der Waals surface area (Å²) in [5.41, 5.74) is 1.11. The molecule has 21 heavy (non-hydrogen) atoms. The van der Waals surface area contributed by atoms with Crippen molar-refractivity contribution in [2.75, 3.05) is 7.05 Å². The highest BCUT2D eigenvalue weighted by atomic mass is 32.2. The van der Waals surface area contributed by atoms with Gasteiger partial charge in [-0.1, -0.05) is 26.0 Å². The van der Waals surface area contributed by atoms with Gasteiger partial charge in [0, 0.05) is 7.05 Å². The minimum absolute atomic E-state index is 0.138. The number of hydrogen-bond donors (Lipinski definition) is 1. The number of benzene rings is 1. The van der Waals surface area contributed by atoms with Crippen LogP contribution in [-0.2, 0) is 16.6 Å². The Labute approximate surface area is 125 Å². The van der Waals surface area contributed by atoms with Gasteiger partial charge in [-0.25, -0.2) is 13.4 Å². The Morgan fingerprint density at radius 1 is 1.24 bits per heavy atom. The second kappa shape index (κ2) is 5.95. The second-order valence-electron chi connectivity index (χ2n) is 5.32. The number of aromatic amines is 1. The normalized spacial score (nSPS) is 12.3. The number of sulfonamides is 1. The van der Waals surface area contributed by atoms with Gasteiger partial charge < -0.3 is 0 Å². The smallest absolute Gasteiger partial charge is 0.243 e. The van der Waals surface area contributed by atoms with Crippen molar-refractivity contribution in [1.29, 1.82) is 0 Å². The summed E-state index contributed by atoms with van der Waals surface area (Å²) >= 11 is 0. The molecule has 7 heteroatoms. The molecule has 114 valence electrons. The molecule has 0 unspecified atom stereocenters. The van der Waals surface area contributed by atoms with Crippen LogP contribution in [0.25, 0.3) is 0 Å². The van der Waals surface area contributed by atoms with E-state index in [4.69, 9.17) is 0 Å². The lowest BCUT2D eigenvalue weighted by molar-refractivity contribution is 0.457. The molecule has 0 atom stereocenters. The van der Waals surface area contributed by atoms with Crippen molar-refractivity contribution in [2.45, 2.75) is 38.1 Å². The van der Waals surface area contributed by atoms with Gasteiger partial charge in [0.15, 0.2) is 5.82 Å². The Hall–Kier alpha value is -1.73. The van der Waals surface area contributed by atoms with Crippen molar-refractivity contribution in [3.63, 3.8) is 0 Å². The Balaban J connectivity index is 2.20. The van der Waals surface area contributed by atoms with Gasteiger partial charge in [-0.2, -0.15) is 9.40 Å². The van der Waals surface area contributed by atoms with Crippen LogP contribution in [0, 0.1) is 6.92 Å². The number of aromatic nitrogens is 3. The van der Waals surface area contributed by atoms with Crippen molar-refractivity contribution >= 4 is 10.0 Å². The first-order chi connectivity index (χ1) is 9.80. The highest BCUT2D eigenvalue weighted by Gasteiger charge is 2.22. The van der Waals surface area contributed by atoms with Crippen LogP contribution < -0.4 is 0 Å². The second-order valence-corrected chi connectivity index (χ2v) is 7.37. The van der Waals surface area contributed by atoms with Crippen LogP contribution in [0.2, 0.25) is 0 Å². The third-order valence-electron chi connectivity index (χ3n) is 3.26. The molecule has 0 radical (unpaired) electrons. The van der Waals surface area contributed by atoms with E-state index in [1.165, 1.54) is 11.4 Å². The molecule has 0 fully saturated rings. The predicted octanol–water partition coefficient (Wildman–Crippen LogP) is 2.06. The van der Waals surface area contributed by atoms with Gasteiger partial charge in [0.05, 0.1) is 11.4 Å². The van der Waals surface area contributed by atoms with E-state index in [-0.39, 0.29) is 11.4 Å². The monoisotopic (exact) mass is 308 g/mol. The van der Waals surface area contributed by atoms with E-state index in [1.54, 1.807) is 19.1 Å². The maximum absolute atomic E-state index is 12.5. The van der Waals surface area contributed by atoms with E-state index < -0.39 is 10.0 Å². The highest BCUT2D eigenvalue weighted by molar-refractivity contribution is 7.89. The van der Waals surface area contributed by atoms with Gasteiger partial charge in [0.25, 0.3) is 0 Å². The average molecular weight is 308 g/mol. The third kappa shape index (κ3) is 3.48. The molecule has 0 aliphatic carbocycles.